The van der Waals surface area contributed by atoms with E-state index in [2.05, 4.69) is 26.0 Å². The van der Waals surface area contributed by atoms with E-state index in [-0.39, 0.29) is 12.1 Å². The van der Waals surface area contributed by atoms with E-state index in [1.807, 2.05) is 24.3 Å². The molecule has 0 radical (unpaired) electrons. The third-order valence-electron chi connectivity index (χ3n) is 3.34. The van der Waals surface area contributed by atoms with Crippen LogP contribution < -0.4 is 5.73 Å². The van der Waals surface area contributed by atoms with Crippen molar-refractivity contribution in [1.29, 1.82) is 0 Å². The Labute approximate surface area is 114 Å². The van der Waals surface area contributed by atoms with E-state index in [9.17, 15) is 0 Å². The van der Waals surface area contributed by atoms with Gasteiger partial charge in [-0.05, 0) is 36.6 Å². The number of hydrogen-bond acceptors (Lipinski definition) is 3. The maximum Gasteiger partial charge on any atom is 0.129 e. The highest BCUT2D eigenvalue weighted by atomic mass is 16.5. The lowest BCUT2D eigenvalue weighted by molar-refractivity contribution is 0.0123. The molecule has 1 aromatic heterocycles. The lowest BCUT2D eigenvalue weighted by Crippen LogP contribution is -2.30. The molecule has 0 spiro atoms. The van der Waals surface area contributed by atoms with Crippen molar-refractivity contribution in [3.63, 3.8) is 0 Å². The third kappa shape index (κ3) is 3.46. The van der Waals surface area contributed by atoms with E-state index in [1.54, 1.807) is 6.26 Å². The number of benzene rings is 1. The average molecular weight is 259 g/mol. The fourth-order valence-electron chi connectivity index (χ4n) is 2.13. The van der Waals surface area contributed by atoms with Crippen molar-refractivity contribution in [1.82, 2.24) is 0 Å². The fourth-order valence-corrected chi connectivity index (χ4v) is 2.13. The van der Waals surface area contributed by atoms with Crippen molar-refractivity contribution in [3.05, 3.63) is 59.5 Å². The summed E-state index contributed by atoms with van der Waals surface area (Å²) in [4.78, 5) is 0. The van der Waals surface area contributed by atoms with Crippen LogP contribution in [0.1, 0.15) is 36.3 Å². The van der Waals surface area contributed by atoms with Crippen LogP contribution in [0.3, 0.4) is 0 Å². The summed E-state index contributed by atoms with van der Waals surface area (Å²) < 4.78 is 11.3. The van der Waals surface area contributed by atoms with Gasteiger partial charge in [-0.25, -0.2) is 0 Å². The first-order valence-corrected chi connectivity index (χ1v) is 6.67. The minimum absolute atomic E-state index is 0.0175. The maximum absolute atomic E-state index is 6.20. The van der Waals surface area contributed by atoms with Crippen LogP contribution in [0.5, 0.6) is 0 Å². The van der Waals surface area contributed by atoms with Crippen LogP contribution in [0.25, 0.3) is 0 Å². The normalized spacial score (nSPS) is 14.3. The van der Waals surface area contributed by atoms with Crippen molar-refractivity contribution in [3.8, 4) is 0 Å². The highest BCUT2D eigenvalue weighted by molar-refractivity contribution is 5.28. The summed E-state index contributed by atoms with van der Waals surface area (Å²) in [6.45, 7) is 4.60. The Balaban J connectivity index is 2.14. The third-order valence-corrected chi connectivity index (χ3v) is 3.34. The summed E-state index contributed by atoms with van der Waals surface area (Å²) in [5.41, 5.74) is 8.56. The van der Waals surface area contributed by atoms with E-state index in [0.717, 1.165) is 17.7 Å². The van der Waals surface area contributed by atoms with Gasteiger partial charge in [0, 0.05) is 6.04 Å². The van der Waals surface area contributed by atoms with Crippen LogP contribution in [-0.4, -0.2) is 6.04 Å². The SMILES string of the molecule is CCC(N)C(OCc1ccco1)c1ccccc1C. The molecule has 0 saturated heterocycles. The predicted octanol–water partition coefficient (Wildman–Crippen LogP) is 3.58. The van der Waals surface area contributed by atoms with Crippen LogP contribution in [0.2, 0.25) is 0 Å². The first kappa shape index (κ1) is 13.8. The molecule has 19 heavy (non-hydrogen) atoms. The van der Waals surface area contributed by atoms with Crippen LogP contribution >= 0.6 is 0 Å². The Morgan fingerprint density at radius 2 is 2.00 bits per heavy atom. The van der Waals surface area contributed by atoms with Crippen LogP contribution in [0, 0.1) is 6.92 Å². The lowest BCUT2D eigenvalue weighted by Gasteiger charge is -2.25. The van der Waals surface area contributed by atoms with Gasteiger partial charge in [-0.2, -0.15) is 0 Å². The minimum atomic E-state index is -0.101. The summed E-state index contributed by atoms with van der Waals surface area (Å²) in [5.74, 6) is 0.821. The molecule has 0 bridgehead atoms. The molecule has 1 heterocycles. The molecule has 0 amide bonds. The molecule has 102 valence electrons. The van der Waals surface area contributed by atoms with Gasteiger partial charge in [-0.3, -0.25) is 0 Å². The van der Waals surface area contributed by atoms with Gasteiger partial charge in [0.1, 0.15) is 12.4 Å². The molecular formula is C16H21NO2. The van der Waals surface area contributed by atoms with Gasteiger partial charge >= 0.3 is 0 Å². The van der Waals surface area contributed by atoms with Crippen LogP contribution in [-0.2, 0) is 11.3 Å². The van der Waals surface area contributed by atoms with Crippen molar-refractivity contribution < 1.29 is 9.15 Å². The molecule has 0 aliphatic carbocycles. The van der Waals surface area contributed by atoms with E-state index in [0.29, 0.717) is 6.61 Å². The van der Waals surface area contributed by atoms with E-state index < -0.39 is 0 Å². The molecule has 2 rings (SSSR count). The zero-order chi connectivity index (χ0) is 13.7. The molecular weight excluding hydrogens is 238 g/mol. The van der Waals surface area contributed by atoms with Crippen molar-refractivity contribution >= 4 is 0 Å². The Morgan fingerprint density at radius 1 is 1.21 bits per heavy atom. The summed E-state index contributed by atoms with van der Waals surface area (Å²) in [6, 6.07) is 12.0. The molecule has 3 nitrogen and oxygen atoms in total. The van der Waals surface area contributed by atoms with Gasteiger partial charge in [-0.1, -0.05) is 31.2 Å². The number of furan rings is 1. The Bertz CT molecular complexity index is 493. The smallest absolute Gasteiger partial charge is 0.129 e. The molecule has 0 aliphatic heterocycles. The highest BCUT2D eigenvalue weighted by Gasteiger charge is 2.21. The van der Waals surface area contributed by atoms with E-state index >= 15 is 0 Å². The first-order chi connectivity index (χ1) is 9.22. The largest absolute Gasteiger partial charge is 0.467 e. The van der Waals surface area contributed by atoms with Gasteiger partial charge in [-0.15, -0.1) is 0 Å². The molecule has 0 fully saturated rings. The Morgan fingerprint density at radius 3 is 2.63 bits per heavy atom. The van der Waals surface area contributed by atoms with E-state index in [1.165, 1.54) is 5.56 Å². The topological polar surface area (TPSA) is 48.4 Å². The predicted molar refractivity (Wildman–Crippen MR) is 75.7 cm³/mol. The molecule has 0 aliphatic rings. The molecule has 2 atom stereocenters. The zero-order valence-electron chi connectivity index (χ0n) is 11.5. The lowest BCUT2D eigenvalue weighted by atomic mass is 9.97. The first-order valence-electron chi connectivity index (χ1n) is 6.67. The second kappa shape index (κ2) is 6.55. The second-order valence-electron chi connectivity index (χ2n) is 4.74. The highest BCUT2D eigenvalue weighted by Crippen LogP contribution is 2.26. The Hall–Kier alpha value is -1.58. The average Bonchev–Trinajstić information content (AvgIpc) is 2.93. The standard InChI is InChI=1S/C16H21NO2/c1-3-15(17)16(14-9-5-4-7-12(14)2)19-11-13-8-6-10-18-13/h4-10,15-16H,3,11,17H2,1-2H3. The monoisotopic (exact) mass is 259 g/mol. The van der Waals surface area contributed by atoms with Crippen LogP contribution in [0.15, 0.2) is 47.1 Å². The number of rotatable bonds is 6. The summed E-state index contributed by atoms with van der Waals surface area (Å²) in [5, 5.41) is 0. The van der Waals surface area contributed by atoms with Gasteiger partial charge in [0.25, 0.3) is 0 Å². The number of hydrogen-bond donors (Lipinski definition) is 1. The van der Waals surface area contributed by atoms with Crippen molar-refractivity contribution in [2.45, 2.75) is 39.0 Å². The van der Waals surface area contributed by atoms with Crippen molar-refractivity contribution in [2.24, 2.45) is 5.73 Å². The van der Waals surface area contributed by atoms with Gasteiger partial charge in [0.2, 0.25) is 0 Å². The molecule has 2 N–H and O–H groups in total. The van der Waals surface area contributed by atoms with E-state index in [4.69, 9.17) is 14.9 Å². The quantitative estimate of drug-likeness (QED) is 0.862. The maximum atomic E-state index is 6.20. The second-order valence-corrected chi connectivity index (χ2v) is 4.74. The van der Waals surface area contributed by atoms with Gasteiger partial charge in [0.05, 0.1) is 12.4 Å². The van der Waals surface area contributed by atoms with Gasteiger partial charge < -0.3 is 14.9 Å². The summed E-state index contributed by atoms with van der Waals surface area (Å²) in [7, 11) is 0. The molecule has 3 heteroatoms. The summed E-state index contributed by atoms with van der Waals surface area (Å²) >= 11 is 0. The molecule has 2 aromatic rings. The number of aryl methyl sites for hydroxylation is 1. The van der Waals surface area contributed by atoms with Gasteiger partial charge in [0.15, 0.2) is 0 Å². The zero-order valence-corrected chi connectivity index (χ0v) is 11.5. The molecule has 0 saturated carbocycles. The molecule has 2 unspecified atom stereocenters. The summed E-state index contributed by atoms with van der Waals surface area (Å²) in [6.07, 6.45) is 2.43. The molecule has 1 aromatic carbocycles. The fraction of sp³-hybridized carbons (Fsp3) is 0.375. The number of nitrogens with two attached hydrogens (primary N) is 1. The van der Waals surface area contributed by atoms with Crippen LogP contribution in [0.4, 0.5) is 0 Å². The number of ether oxygens (including phenoxy) is 1. The Kier molecular flexibility index (Phi) is 4.77. The minimum Gasteiger partial charge on any atom is -0.467 e. The van der Waals surface area contributed by atoms with Crippen molar-refractivity contribution in [2.75, 3.05) is 0 Å².